The zero-order valence-corrected chi connectivity index (χ0v) is 18.7. The van der Waals surface area contributed by atoms with Crippen LogP contribution in [0.15, 0.2) is 66.4 Å². The van der Waals surface area contributed by atoms with Crippen molar-refractivity contribution >= 4 is 27.4 Å². The maximum atomic E-state index is 8.87. The molecule has 0 aliphatic carbocycles. The minimum Gasteiger partial charge on any atom is -0.370 e. The molecule has 0 saturated carbocycles. The first-order valence-electron chi connectivity index (χ1n) is 10.4. The summed E-state index contributed by atoms with van der Waals surface area (Å²) in [4.78, 5) is 21.6. The number of aromatic nitrogens is 5. The Bertz CT molecular complexity index is 1470. The van der Waals surface area contributed by atoms with Crippen molar-refractivity contribution in [2.75, 3.05) is 11.9 Å². The lowest BCUT2D eigenvalue weighted by Crippen LogP contribution is -2.08. The molecule has 1 N–H and O–H groups in total. The number of hydrogen-bond acceptors (Lipinski definition) is 8. The summed E-state index contributed by atoms with van der Waals surface area (Å²) in [5, 5.41) is 12.3. The quantitative estimate of drug-likeness (QED) is 0.387. The zero-order chi connectivity index (χ0) is 22.6. The number of thiazole rings is 1. The van der Waals surface area contributed by atoms with Gasteiger partial charge < -0.3 is 5.32 Å². The van der Waals surface area contributed by atoms with Crippen molar-refractivity contribution in [3.8, 4) is 28.5 Å². The predicted octanol–water partition coefficient (Wildman–Crippen LogP) is 5.05. The van der Waals surface area contributed by atoms with Crippen molar-refractivity contribution in [1.82, 2.24) is 24.9 Å². The van der Waals surface area contributed by atoms with Crippen LogP contribution in [0, 0.1) is 18.3 Å². The Morgan fingerprint density at radius 3 is 2.67 bits per heavy atom. The average Bonchev–Trinajstić information content (AvgIpc) is 3.32. The molecule has 5 rings (SSSR count). The van der Waals surface area contributed by atoms with Crippen molar-refractivity contribution in [3.63, 3.8) is 0 Å². The molecule has 0 fully saturated rings. The van der Waals surface area contributed by atoms with Gasteiger partial charge in [-0.1, -0.05) is 30.3 Å². The van der Waals surface area contributed by atoms with E-state index >= 15 is 0 Å². The van der Waals surface area contributed by atoms with E-state index in [1.54, 1.807) is 23.7 Å². The highest BCUT2D eigenvalue weighted by atomic mass is 32.1. The van der Waals surface area contributed by atoms with Crippen molar-refractivity contribution in [2.24, 2.45) is 0 Å². The fourth-order valence-corrected chi connectivity index (χ4v) is 4.31. The number of nitriles is 1. The molecule has 0 unspecified atom stereocenters. The summed E-state index contributed by atoms with van der Waals surface area (Å²) in [5.41, 5.74) is 7.90. The number of anilines is 1. The third-order valence-corrected chi connectivity index (χ3v) is 5.99. The van der Waals surface area contributed by atoms with Crippen LogP contribution < -0.4 is 5.32 Å². The second-order valence-electron chi connectivity index (χ2n) is 7.50. The lowest BCUT2D eigenvalue weighted by atomic mass is 10.0. The molecular formula is C25H19N7S. The lowest BCUT2D eigenvalue weighted by Gasteiger charge is -2.10. The van der Waals surface area contributed by atoms with E-state index in [4.69, 9.17) is 5.26 Å². The summed E-state index contributed by atoms with van der Waals surface area (Å²) < 4.78 is 1.14. The van der Waals surface area contributed by atoms with Crippen LogP contribution >= 0.6 is 11.3 Å². The molecule has 3 heterocycles. The Morgan fingerprint density at radius 2 is 1.82 bits per heavy atom. The Hall–Kier alpha value is -4.22. The van der Waals surface area contributed by atoms with Crippen LogP contribution in [0.2, 0.25) is 0 Å². The maximum Gasteiger partial charge on any atom is 0.232 e. The molecule has 3 aromatic heterocycles. The molecule has 2 aromatic carbocycles. The van der Waals surface area contributed by atoms with Gasteiger partial charge in [0.1, 0.15) is 17.7 Å². The Balaban J connectivity index is 1.28. The summed E-state index contributed by atoms with van der Waals surface area (Å²) in [6.07, 6.45) is 4.19. The Kier molecular flexibility index (Phi) is 5.70. The Morgan fingerprint density at radius 1 is 0.939 bits per heavy atom. The van der Waals surface area contributed by atoms with Crippen LogP contribution in [0.3, 0.4) is 0 Å². The largest absolute Gasteiger partial charge is 0.370 e. The fraction of sp³-hybridized carbons (Fsp3) is 0.120. The summed E-state index contributed by atoms with van der Waals surface area (Å²) in [6.45, 7) is 2.64. The predicted molar refractivity (Wildman–Crippen MR) is 130 cm³/mol. The number of hydrogen-bond donors (Lipinski definition) is 1. The first-order valence-corrected chi connectivity index (χ1v) is 11.3. The number of fused-ring (bicyclic) bond motifs is 1. The van der Waals surface area contributed by atoms with Gasteiger partial charge >= 0.3 is 0 Å². The van der Waals surface area contributed by atoms with Gasteiger partial charge in [-0.05, 0) is 36.6 Å². The molecule has 0 radical (unpaired) electrons. The molecule has 0 atom stereocenters. The third kappa shape index (κ3) is 4.68. The number of benzene rings is 2. The van der Waals surface area contributed by atoms with E-state index in [1.165, 1.54) is 5.56 Å². The fourth-order valence-electron chi connectivity index (χ4n) is 3.60. The number of nitrogens with zero attached hydrogens (tertiary/aromatic N) is 6. The standard InChI is InChI=1S/C25H19N7S/c1-16-31-22(19-5-6-21-23(10-19)33-15-30-21)11-24(32-16)27-8-7-17-3-2-4-18(9-17)20-13-28-25(12-26)29-14-20/h2-6,9-11,13-15H,7-8H2,1H3,(H,27,31,32). The van der Waals surface area contributed by atoms with Crippen LogP contribution in [0.1, 0.15) is 17.2 Å². The zero-order valence-electron chi connectivity index (χ0n) is 17.9. The van der Waals surface area contributed by atoms with E-state index in [2.05, 4.69) is 48.4 Å². The minimum absolute atomic E-state index is 0.172. The van der Waals surface area contributed by atoms with Crippen molar-refractivity contribution in [3.05, 3.63) is 83.6 Å². The van der Waals surface area contributed by atoms with E-state index in [1.807, 2.05) is 48.8 Å². The van der Waals surface area contributed by atoms with Gasteiger partial charge in [0.25, 0.3) is 0 Å². The first-order chi connectivity index (χ1) is 16.2. The minimum atomic E-state index is 0.172. The van der Waals surface area contributed by atoms with E-state index in [0.29, 0.717) is 0 Å². The molecule has 0 saturated heterocycles. The second kappa shape index (κ2) is 9.10. The number of nitrogens with one attached hydrogen (secondary N) is 1. The molecule has 7 nitrogen and oxygen atoms in total. The van der Waals surface area contributed by atoms with Crippen molar-refractivity contribution < 1.29 is 0 Å². The van der Waals surface area contributed by atoms with Gasteiger partial charge in [-0.15, -0.1) is 11.3 Å². The molecule has 5 aromatic rings. The summed E-state index contributed by atoms with van der Waals surface area (Å²) >= 11 is 1.63. The first kappa shape index (κ1) is 20.7. The molecule has 8 heteroatoms. The summed E-state index contributed by atoms with van der Waals surface area (Å²) in [6, 6.07) is 18.4. The summed E-state index contributed by atoms with van der Waals surface area (Å²) in [5.74, 6) is 1.70. The normalized spacial score (nSPS) is 10.8. The van der Waals surface area contributed by atoms with Crippen LogP contribution in [0.25, 0.3) is 32.6 Å². The van der Waals surface area contributed by atoms with Gasteiger partial charge in [0.2, 0.25) is 5.82 Å². The Labute approximate surface area is 194 Å². The molecule has 160 valence electrons. The monoisotopic (exact) mass is 449 g/mol. The van der Waals surface area contributed by atoms with E-state index < -0.39 is 0 Å². The molecular weight excluding hydrogens is 430 g/mol. The highest BCUT2D eigenvalue weighted by Crippen LogP contribution is 2.26. The second-order valence-corrected chi connectivity index (χ2v) is 8.39. The molecule has 0 amide bonds. The summed E-state index contributed by atoms with van der Waals surface area (Å²) in [7, 11) is 0. The van der Waals surface area contributed by atoms with Gasteiger partial charge in [-0.3, -0.25) is 0 Å². The molecule has 33 heavy (non-hydrogen) atoms. The van der Waals surface area contributed by atoms with Crippen molar-refractivity contribution in [1.29, 1.82) is 5.26 Å². The van der Waals surface area contributed by atoms with Gasteiger partial charge in [0, 0.05) is 36.1 Å². The van der Waals surface area contributed by atoms with Crippen LogP contribution in [0.5, 0.6) is 0 Å². The third-order valence-electron chi connectivity index (χ3n) is 5.20. The maximum absolute atomic E-state index is 8.87. The van der Waals surface area contributed by atoms with E-state index in [-0.39, 0.29) is 5.82 Å². The topological polar surface area (TPSA) is 100 Å². The van der Waals surface area contributed by atoms with Gasteiger partial charge in [-0.2, -0.15) is 5.26 Å². The van der Waals surface area contributed by atoms with E-state index in [0.717, 1.165) is 57.2 Å². The van der Waals surface area contributed by atoms with Gasteiger partial charge in [0.05, 0.1) is 21.4 Å². The smallest absolute Gasteiger partial charge is 0.232 e. The SMILES string of the molecule is Cc1nc(NCCc2cccc(-c3cnc(C#N)nc3)c2)cc(-c2ccc3ncsc3c2)n1. The van der Waals surface area contributed by atoms with Crippen LogP contribution in [-0.2, 0) is 6.42 Å². The van der Waals surface area contributed by atoms with Crippen LogP contribution in [-0.4, -0.2) is 31.5 Å². The molecule has 0 aliphatic heterocycles. The number of aryl methyl sites for hydroxylation is 1. The van der Waals surface area contributed by atoms with Gasteiger partial charge in [-0.25, -0.2) is 24.9 Å². The van der Waals surface area contributed by atoms with Gasteiger partial charge in [0.15, 0.2) is 0 Å². The highest BCUT2D eigenvalue weighted by Gasteiger charge is 2.07. The molecule has 0 spiro atoms. The lowest BCUT2D eigenvalue weighted by molar-refractivity contribution is 0.983. The number of rotatable bonds is 6. The average molecular weight is 450 g/mol. The molecule has 0 aliphatic rings. The van der Waals surface area contributed by atoms with E-state index in [9.17, 15) is 0 Å². The van der Waals surface area contributed by atoms with Crippen LogP contribution in [0.4, 0.5) is 5.82 Å². The molecule has 0 bridgehead atoms. The van der Waals surface area contributed by atoms with Crippen molar-refractivity contribution in [2.45, 2.75) is 13.3 Å². The highest BCUT2D eigenvalue weighted by molar-refractivity contribution is 7.16.